The Kier molecular flexibility index (Phi) is 6.81. The highest BCUT2D eigenvalue weighted by Crippen LogP contribution is 2.33. The Morgan fingerprint density at radius 1 is 1.15 bits per heavy atom. The van der Waals surface area contributed by atoms with Gasteiger partial charge in [-0.1, -0.05) is 29.3 Å². The number of ether oxygens (including phenoxy) is 1. The van der Waals surface area contributed by atoms with Crippen molar-refractivity contribution in [1.82, 2.24) is 19.7 Å². The zero-order chi connectivity index (χ0) is 24.4. The minimum absolute atomic E-state index is 0.104. The van der Waals surface area contributed by atoms with E-state index in [2.05, 4.69) is 44.0 Å². The van der Waals surface area contributed by atoms with Gasteiger partial charge < -0.3 is 14.4 Å². The first-order chi connectivity index (χ1) is 16.3. The van der Waals surface area contributed by atoms with Crippen molar-refractivity contribution in [1.29, 1.82) is 0 Å². The number of aryl methyl sites for hydroxylation is 2. The number of nitrogens with one attached hydrogen (secondary N) is 1. The Morgan fingerprint density at radius 3 is 2.56 bits per heavy atom. The molecule has 0 atom stereocenters. The number of H-pyrrole nitrogens is 1. The quantitative estimate of drug-likeness (QED) is 0.239. The van der Waals surface area contributed by atoms with Crippen LogP contribution in [0.4, 0.5) is 0 Å². The van der Waals surface area contributed by atoms with E-state index in [-0.39, 0.29) is 10.1 Å². The first kappa shape index (κ1) is 23.7. The molecule has 0 aliphatic rings. The van der Waals surface area contributed by atoms with Crippen LogP contribution in [-0.4, -0.2) is 37.9 Å². The van der Waals surface area contributed by atoms with Gasteiger partial charge in [-0.15, -0.1) is 5.10 Å². The van der Waals surface area contributed by atoms with Crippen molar-refractivity contribution < 1.29 is 14.6 Å². The maximum atomic E-state index is 12.0. The van der Waals surface area contributed by atoms with Gasteiger partial charge in [0.05, 0.1) is 12.7 Å². The van der Waals surface area contributed by atoms with Crippen LogP contribution in [-0.2, 0) is 4.79 Å². The number of halogens is 1. The molecule has 0 saturated carbocycles. The van der Waals surface area contributed by atoms with E-state index in [0.717, 1.165) is 34.4 Å². The number of thioether (sulfide) groups is 1. The number of hydrogen-bond acceptors (Lipinski definition) is 5. The summed E-state index contributed by atoms with van der Waals surface area (Å²) in [6, 6.07) is 15.3. The molecule has 2 heterocycles. The highest BCUT2D eigenvalue weighted by Gasteiger charge is 2.18. The lowest BCUT2D eigenvalue weighted by Gasteiger charge is -2.10. The predicted octanol–water partition coefficient (Wildman–Crippen LogP) is 6.07. The summed E-state index contributed by atoms with van der Waals surface area (Å²) in [5.41, 5.74) is 5.61. The number of carbonyl (C=O) groups is 1. The zero-order valence-corrected chi connectivity index (χ0v) is 20.7. The number of rotatable bonds is 7. The SMILES string of the molecule is COc1ccc(Cl)cc1-c1nc(S/C(=C\c2cc(C)n(-c3ccc(C)cc3)c2C)C(=O)O)n[nH]1. The molecule has 4 aromatic rings. The van der Waals surface area contributed by atoms with E-state index in [1.54, 1.807) is 31.4 Å². The van der Waals surface area contributed by atoms with Crippen LogP contribution in [0.2, 0.25) is 5.02 Å². The van der Waals surface area contributed by atoms with Gasteiger partial charge in [0.25, 0.3) is 0 Å². The van der Waals surface area contributed by atoms with Crippen LogP contribution in [0.3, 0.4) is 0 Å². The largest absolute Gasteiger partial charge is 0.496 e. The minimum Gasteiger partial charge on any atom is -0.496 e. The molecule has 0 saturated heterocycles. The highest BCUT2D eigenvalue weighted by molar-refractivity contribution is 8.04. The fraction of sp³-hybridized carbons (Fsp3) is 0.160. The molecule has 0 unspecified atom stereocenters. The van der Waals surface area contributed by atoms with Crippen molar-refractivity contribution in [2.75, 3.05) is 7.11 Å². The third-order valence-electron chi connectivity index (χ3n) is 5.34. The highest BCUT2D eigenvalue weighted by atomic mass is 35.5. The minimum atomic E-state index is -1.06. The molecule has 0 aliphatic heterocycles. The van der Waals surface area contributed by atoms with E-state index in [1.807, 2.05) is 26.8 Å². The maximum absolute atomic E-state index is 12.0. The van der Waals surface area contributed by atoms with Crippen molar-refractivity contribution >= 4 is 35.4 Å². The molecule has 9 heteroatoms. The Morgan fingerprint density at radius 2 is 1.88 bits per heavy atom. The number of nitrogens with zero attached hydrogens (tertiary/aromatic N) is 3. The van der Waals surface area contributed by atoms with Gasteiger partial charge in [-0.2, -0.15) is 0 Å². The standard InChI is InChI=1S/C25H23ClN4O3S/c1-14-5-8-19(9-6-14)30-15(2)11-17(16(30)3)12-22(24(31)32)34-25-27-23(28-29-25)20-13-18(26)7-10-21(20)33-4/h5-13H,1-4H3,(H,31,32)(H,27,28,29)/b22-12-. The van der Waals surface area contributed by atoms with Gasteiger partial charge in [0.1, 0.15) is 10.7 Å². The first-order valence-corrected chi connectivity index (χ1v) is 11.6. The molecule has 0 radical (unpaired) electrons. The van der Waals surface area contributed by atoms with Crippen LogP contribution in [0.15, 0.2) is 58.6 Å². The molecule has 2 aromatic carbocycles. The third-order valence-corrected chi connectivity index (χ3v) is 6.46. The fourth-order valence-electron chi connectivity index (χ4n) is 3.68. The average molecular weight is 495 g/mol. The number of benzene rings is 2. The molecule has 2 N–H and O–H groups in total. The van der Waals surface area contributed by atoms with Crippen LogP contribution < -0.4 is 4.74 Å². The van der Waals surface area contributed by atoms with Crippen molar-refractivity contribution in [2.24, 2.45) is 0 Å². The molecule has 0 amide bonds. The number of aromatic amines is 1. The monoisotopic (exact) mass is 494 g/mol. The maximum Gasteiger partial charge on any atom is 0.342 e. The van der Waals surface area contributed by atoms with E-state index in [9.17, 15) is 9.90 Å². The molecule has 2 aromatic heterocycles. The molecule has 0 fully saturated rings. The van der Waals surface area contributed by atoms with Crippen molar-refractivity contribution in [3.63, 3.8) is 0 Å². The van der Waals surface area contributed by atoms with Crippen molar-refractivity contribution in [2.45, 2.75) is 25.9 Å². The second-order valence-electron chi connectivity index (χ2n) is 7.72. The first-order valence-electron chi connectivity index (χ1n) is 10.4. The van der Waals surface area contributed by atoms with Crippen LogP contribution >= 0.6 is 23.4 Å². The molecule has 34 heavy (non-hydrogen) atoms. The third kappa shape index (κ3) is 4.88. The number of methoxy groups -OCH3 is 1. The summed E-state index contributed by atoms with van der Waals surface area (Å²) in [6.45, 7) is 6.01. The second-order valence-corrected chi connectivity index (χ2v) is 9.17. The zero-order valence-electron chi connectivity index (χ0n) is 19.1. The van der Waals surface area contributed by atoms with Crippen LogP contribution in [0.5, 0.6) is 5.75 Å². The number of carboxylic acid groups (broad SMARTS) is 1. The fourth-order valence-corrected chi connectivity index (χ4v) is 4.55. The van der Waals surface area contributed by atoms with Gasteiger partial charge >= 0.3 is 5.97 Å². The molecule has 0 bridgehead atoms. The molecule has 174 valence electrons. The number of aromatic nitrogens is 4. The summed E-state index contributed by atoms with van der Waals surface area (Å²) in [5.74, 6) is -0.0457. The summed E-state index contributed by atoms with van der Waals surface area (Å²) in [7, 11) is 1.55. The van der Waals surface area contributed by atoms with E-state index in [0.29, 0.717) is 22.2 Å². The molecular weight excluding hydrogens is 472 g/mol. The van der Waals surface area contributed by atoms with E-state index >= 15 is 0 Å². The molecular formula is C25H23ClN4O3S. The van der Waals surface area contributed by atoms with Crippen LogP contribution in [0.1, 0.15) is 22.5 Å². The van der Waals surface area contributed by atoms with Gasteiger partial charge in [0.15, 0.2) is 5.82 Å². The van der Waals surface area contributed by atoms with Crippen molar-refractivity contribution in [3.8, 4) is 22.8 Å². The van der Waals surface area contributed by atoms with E-state index in [1.165, 1.54) is 5.56 Å². The lowest BCUT2D eigenvalue weighted by molar-refractivity contribution is -0.131. The summed E-state index contributed by atoms with van der Waals surface area (Å²) >= 11 is 7.09. The Bertz CT molecular complexity index is 1390. The lowest BCUT2D eigenvalue weighted by atomic mass is 10.2. The average Bonchev–Trinajstić information content (AvgIpc) is 3.38. The summed E-state index contributed by atoms with van der Waals surface area (Å²) < 4.78 is 7.47. The molecule has 7 nitrogen and oxygen atoms in total. The lowest BCUT2D eigenvalue weighted by Crippen LogP contribution is -2.00. The second kappa shape index (κ2) is 9.79. The summed E-state index contributed by atoms with van der Waals surface area (Å²) in [4.78, 5) is 16.6. The predicted molar refractivity (Wildman–Crippen MR) is 135 cm³/mol. The topological polar surface area (TPSA) is 93.0 Å². The normalized spacial score (nSPS) is 11.6. The van der Waals surface area contributed by atoms with Crippen LogP contribution in [0, 0.1) is 20.8 Å². The van der Waals surface area contributed by atoms with Gasteiger partial charge in [0.2, 0.25) is 5.16 Å². The summed E-state index contributed by atoms with van der Waals surface area (Å²) in [6.07, 6.45) is 1.65. The van der Waals surface area contributed by atoms with E-state index < -0.39 is 5.97 Å². The Hall–Kier alpha value is -3.49. The van der Waals surface area contributed by atoms with Gasteiger partial charge in [-0.05, 0) is 80.6 Å². The summed E-state index contributed by atoms with van der Waals surface area (Å²) in [5, 5.41) is 17.7. The number of aliphatic carboxylic acids is 1. The Balaban J connectivity index is 1.66. The van der Waals surface area contributed by atoms with Crippen molar-refractivity contribution in [3.05, 3.63) is 81.0 Å². The van der Waals surface area contributed by atoms with E-state index in [4.69, 9.17) is 16.3 Å². The molecule has 0 aliphatic carbocycles. The smallest absolute Gasteiger partial charge is 0.342 e. The number of hydrogen-bond donors (Lipinski definition) is 2. The number of carboxylic acids is 1. The van der Waals surface area contributed by atoms with Crippen LogP contribution in [0.25, 0.3) is 23.2 Å². The van der Waals surface area contributed by atoms with Gasteiger partial charge in [-0.3, -0.25) is 5.10 Å². The van der Waals surface area contributed by atoms with Gasteiger partial charge in [-0.25, -0.2) is 9.78 Å². The van der Waals surface area contributed by atoms with Gasteiger partial charge in [0, 0.05) is 22.1 Å². The Labute approximate surface area is 206 Å². The molecule has 0 spiro atoms. The molecule has 4 rings (SSSR count).